The highest BCUT2D eigenvalue weighted by Crippen LogP contribution is 2.27. The molecule has 0 aromatic heterocycles. The lowest BCUT2D eigenvalue weighted by molar-refractivity contribution is 1.03. The highest BCUT2D eigenvalue weighted by Gasteiger charge is 2.13. The average Bonchev–Trinajstić information content (AvgIpc) is 2.51. The second-order valence-electron chi connectivity index (χ2n) is 5.66. The summed E-state index contributed by atoms with van der Waals surface area (Å²) in [6, 6.07) is 13.4. The third-order valence-corrected chi connectivity index (χ3v) is 4.64. The molecular weight excluding hydrogens is 240 g/mol. The van der Waals surface area contributed by atoms with Crippen LogP contribution < -0.4 is 10.4 Å². The Morgan fingerprint density at radius 2 is 1.75 bits per heavy atom. The number of hydrogen-bond donors (Lipinski definition) is 0. The summed E-state index contributed by atoms with van der Waals surface area (Å²) in [6.07, 6.45) is 5.69. The molecule has 0 radical (unpaired) electrons. The van der Waals surface area contributed by atoms with Gasteiger partial charge in [-0.3, -0.25) is 0 Å². The van der Waals surface area contributed by atoms with Crippen LogP contribution in [0.3, 0.4) is 0 Å². The van der Waals surface area contributed by atoms with E-state index in [4.69, 9.17) is 0 Å². The fourth-order valence-corrected chi connectivity index (χ4v) is 3.73. The molecule has 20 heavy (non-hydrogen) atoms. The van der Waals surface area contributed by atoms with E-state index in [2.05, 4.69) is 56.0 Å². The van der Waals surface area contributed by atoms with Crippen LogP contribution in [0.15, 0.2) is 36.4 Å². The van der Waals surface area contributed by atoms with Crippen molar-refractivity contribution in [1.82, 2.24) is 0 Å². The minimum atomic E-state index is 1.07. The standard InChI is InChI=1S/C20H18/c1-3-14-7-4-11-17-18-12-6-9-15-8-5-10-16(20(15)18)13(2)19(14)17/h4,6-9,11-12H,2-3,5,10H2,1H3. The molecule has 0 heterocycles. The van der Waals surface area contributed by atoms with Crippen molar-refractivity contribution in [2.45, 2.75) is 26.2 Å². The van der Waals surface area contributed by atoms with Crippen molar-refractivity contribution in [2.24, 2.45) is 0 Å². The van der Waals surface area contributed by atoms with E-state index in [0.717, 1.165) is 19.3 Å². The van der Waals surface area contributed by atoms with E-state index in [1.165, 1.54) is 43.1 Å². The Kier molecular flexibility index (Phi) is 2.47. The maximum absolute atomic E-state index is 4.44. The molecule has 3 aromatic rings. The number of benzene rings is 3. The van der Waals surface area contributed by atoms with Gasteiger partial charge in [-0.15, -0.1) is 0 Å². The molecule has 1 aliphatic rings. The molecule has 0 fully saturated rings. The summed E-state index contributed by atoms with van der Waals surface area (Å²) >= 11 is 0. The summed E-state index contributed by atoms with van der Waals surface area (Å²) in [6.45, 7) is 6.67. The van der Waals surface area contributed by atoms with Gasteiger partial charge in [0.05, 0.1) is 0 Å². The maximum Gasteiger partial charge on any atom is -0.00702 e. The van der Waals surface area contributed by atoms with Gasteiger partial charge in [0, 0.05) is 0 Å². The van der Waals surface area contributed by atoms with Crippen LogP contribution in [0.4, 0.5) is 0 Å². The van der Waals surface area contributed by atoms with Gasteiger partial charge in [0.1, 0.15) is 0 Å². The Bertz CT molecular complexity index is 945. The molecule has 0 unspecified atom stereocenters. The molecule has 0 N–H and O–H groups in total. The third kappa shape index (κ3) is 1.42. The number of fused-ring (bicyclic) bond motifs is 2. The van der Waals surface area contributed by atoms with Crippen molar-refractivity contribution < 1.29 is 0 Å². The minimum Gasteiger partial charge on any atom is -0.0908 e. The van der Waals surface area contributed by atoms with E-state index in [9.17, 15) is 0 Å². The Morgan fingerprint density at radius 3 is 2.55 bits per heavy atom. The predicted molar refractivity (Wildman–Crippen MR) is 88.4 cm³/mol. The summed E-state index contributed by atoms with van der Waals surface area (Å²) in [7, 11) is 0. The molecule has 0 atom stereocenters. The summed E-state index contributed by atoms with van der Waals surface area (Å²) in [4.78, 5) is 0. The Morgan fingerprint density at radius 1 is 1.00 bits per heavy atom. The first-order valence-corrected chi connectivity index (χ1v) is 7.45. The lowest BCUT2D eigenvalue weighted by atomic mass is 9.87. The molecule has 0 nitrogen and oxygen atoms in total. The quantitative estimate of drug-likeness (QED) is 0.584. The summed E-state index contributed by atoms with van der Waals surface area (Å²) in [5, 5.41) is 8.22. The smallest absolute Gasteiger partial charge is 0.00702 e. The van der Waals surface area contributed by atoms with Crippen LogP contribution in [0.2, 0.25) is 0 Å². The number of rotatable bonds is 1. The van der Waals surface area contributed by atoms with Gasteiger partial charge in [-0.1, -0.05) is 56.0 Å². The van der Waals surface area contributed by atoms with Crippen LogP contribution in [0.1, 0.15) is 24.5 Å². The molecule has 0 spiro atoms. The van der Waals surface area contributed by atoms with E-state index in [1.54, 1.807) is 0 Å². The average molecular weight is 258 g/mol. The summed E-state index contributed by atoms with van der Waals surface area (Å²) < 4.78 is 0. The van der Waals surface area contributed by atoms with Gasteiger partial charge in [0.25, 0.3) is 0 Å². The molecule has 98 valence electrons. The van der Waals surface area contributed by atoms with E-state index in [0.29, 0.717) is 0 Å². The second kappa shape index (κ2) is 4.21. The molecule has 1 aliphatic carbocycles. The monoisotopic (exact) mass is 258 g/mol. The molecule has 0 aliphatic heterocycles. The topological polar surface area (TPSA) is 0 Å². The first kappa shape index (κ1) is 11.7. The number of hydrogen-bond acceptors (Lipinski definition) is 0. The highest BCUT2D eigenvalue weighted by molar-refractivity contribution is 6.10. The van der Waals surface area contributed by atoms with Crippen molar-refractivity contribution >= 4 is 34.2 Å². The molecule has 0 heteroatoms. The van der Waals surface area contributed by atoms with Gasteiger partial charge in [-0.25, -0.2) is 0 Å². The van der Waals surface area contributed by atoms with Crippen LogP contribution in [0.25, 0.3) is 34.2 Å². The van der Waals surface area contributed by atoms with Crippen molar-refractivity contribution in [1.29, 1.82) is 0 Å². The SMILES string of the molecule is C=c1c2c3c(cccc3c3cccc(CC)c13)=CCC2. The van der Waals surface area contributed by atoms with Crippen LogP contribution >= 0.6 is 0 Å². The molecule has 0 saturated carbocycles. The van der Waals surface area contributed by atoms with Crippen molar-refractivity contribution in [3.8, 4) is 0 Å². The Labute approximate surface area is 119 Å². The van der Waals surface area contributed by atoms with Crippen molar-refractivity contribution in [3.63, 3.8) is 0 Å². The van der Waals surface area contributed by atoms with Crippen LogP contribution in [0, 0.1) is 0 Å². The van der Waals surface area contributed by atoms with Crippen LogP contribution in [-0.2, 0) is 12.8 Å². The van der Waals surface area contributed by atoms with Gasteiger partial charge < -0.3 is 0 Å². The van der Waals surface area contributed by atoms with Gasteiger partial charge in [-0.2, -0.15) is 0 Å². The fourth-order valence-electron chi connectivity index (χ4n) is 3.73. The normalized spacial score (nSPS) is 13.7. The number of aryl methyl sites for hydroxylation is 2. The lowest BCUT2D eigenvalue weighted by Gasteiger charge is -2.17. The van der Waals surface area contributed by atoms with E-state index in [-0.39, 0.29) is 0 Å². The first-order valence-electron chi connectivity index (χ1n) is 7.45. The van der Waals surface area contributed by atoms with Gasteiger partial charge in [0.15, 0.2) is 0 Å². The summed E-state index contributed by atoms with van der Waals surface area (Å²) in [5.74, 6) is 0. The summed E-state index contributed by atoms with van der Waals surface area (Å²) in [5.41, 5.74) is 2.89. The van der Waals surface area contributed by atoms with Crippen LogP contribution in [0.5, 0.6) is 0 Å². The third-order valence-electron chi connectivity index (χ3n) is 4.64. The van der Waals surface area contributed by atoms with Crippen LogP contribution in [-0.4, -0.2) is 0 Å². The molecule has 3 aromatic carbocycles. The molecule has 0 amide bonds. The molecule has 0 bridgehead atoms. The zero-order chi connectivity index (χ0) is 13.7. The first-order chi connectivity index (χ1) is 9.81. The molecule has 0 saturated heterocycles. The Balaban J connectivity index is 2.40. The zero-order valence-electron chi connectivity index (χ0n) is 11.9. The van der Waals surface area contributed by atoms with Gasteiger partial charge in [0.2, 0.25) is 0 Å². The van der Waals surface area contributed by atoms with Gasteiger partial charge in [-0.05, 0) is 62.4 Å². The van der Waals surface area contributed by atoms with Crippen molar-refractivity contribution in [3.05, 3.63) is 58.0 Å². The fraction of sp³-hybridized carbons (Fsp3) is 0.200. The van der Waals surface area contributed by atoms with E-state index in [1.807, 2.05) is 0 Å². The highest BCUT2D eigenvalue weighted by atomic mass is 14.2. The largest absolute Gasteiger partial charge is 0.0908 e. The van der Waals surface area contributed by atoms with E-state index >= 15 is 0 Å². The van der Waals surface area contributed by atoms with Crippen molar-refractivity contribution in [2.75, 3.05) is 0 Å². The second-order valence-corrected chi connectivity index (χ2v) is 5.66. The minimum absolute atomic E-state index is 1.07. The lowest BCUT2D eigenvalue weighted by Crippen LogP contribution is -2.19. The molecular formula is C20H18. The van der Waals surface area contributed by atoms with E-state index < -0.39 is 0 Å². The maximum atomic E-state index is 4.44. The zero-order valence-corrected chi connectivity index (χ0v) is 11.9. The Hall–Kier alpha value is -2.08. The van der Waals surface area contributed by atoms with Gasteiger partial charge >= 0.3 is 0 Å². The molecule has 4 rings (SSSR count). The predicted octanol–water partition coefficient (Wildman–Crippen LogP) is 3.69.